The molecule has 0 spiro atoms. The van der Waals surface area contributed by atoms with Gasteiger partial charge in [-0.25, -0.2) is 0 Å². The third-order valence-corrected chi connectivity index (χ3v) is 3.57. The molecule has 2 heterocycles. The molecule has 0 radical (unpaired) electrons. The standard InChI is InChI=1S/C11H20N2O/c1-2-3-4-10(13-12)9-7-8-5-6-11(9)14-8/h2,8-11,13H,1,3-7,12H2. The summed E-state index contributed by atoms with van der Waals surface area (Å²) in [6, 6.07) is 0.406. The quantitative estimate of drug-likeness (QED) is 0.396. The van der Waals surface area contributed by atoms with Crippen LogP contribution in [0.1, 0.15) is 32.1 Å². The number of hydrogen-bond donors (Lipinski definition) is 2. The van der Waals surface area contributed by atoms with Gasteiger partial charge in [-0.2, -0.15) is 0 Å². The molecule has 4 atom stereocenters. The molecule has 2 rings (SSSR count). The molecule has 4 unspecified atom stereocenters. The topological polar surface area (TPSA) is 47.3 Å². The van der Waals surface area contributed by atoms with Crippen molar-refractivity contribution in [1.29, 1.82) is 0 Å². The summed E-state index contributed by atoms with van der Waals surface area (Å²) in [6.45, 7) is 3.74. The fourth-order valence-electron chi connectivity index (χ4n) is 2.82. The molecular formula is C11H20N2O. The lowest BCUT2D eigenvalue weighted by molar-refractivity contribution is 0.0850. The van der Waals surface area contributed by atoms with Gasteiger partial charge in [-0.3, -0.25) is 11.3 Å². The highest BCUT2D eigenvalue weighted by atomic mass is 16.5. The van der Waals surface area contributed by atoms with Crippen LogP contribution in [-0.4, -0.2) is 18.2 Å². The van der Waals surface area contributed by atoms with E-state index in [1.54, 1.807) is 0 Å². The van der Waals surface area contributed by atoms with Crippen molar-refractivity contribution in [3.05, 3.63) is 12.7 Å². The van der Waals surface area contributed by atoms with Crippen molar-refractivity contribution < 1.29 is 4.74 Å². The van der Waals surface area contributed by atoms with E-state index in [-0.39, 0.29) is 0 Å². The van der Waals surface area contributed by atoms with E-state index >= 15 is 0 Å². The minimum Gasteiger partial charge on any atom is -0.375 e. The number of rotatable bonds is 5. The summed E-state index contributed by atoms with van der Waals surface area (Å²) in [5, 5.41) is 0. The number of hydrogen-bond acceptors (Lipinski definition) is 3. The number of ether oxygens (including phenoxy) is 1. The summed E-state index contributed by atoms with van der Waals surface area (Å²) >= 11 is 0. The molecule has 3 N–H and O–H groups in total. The largest absolute Gasteiger partial charge is 0.375 e. The Morgan fingerprint density at radius 3 is 2.93 bits per heavy atom. The molecule has 2 bridgehead atoms. The van der Waals surface area contributed by atoms with Crippen LogP contribution in [0.15, 0.2) is 12.7 Å². The van der Waals surface area contributed by atoms with Crippen molar-refractivity contribution in [3.8, 4) is 0 Å². The van der Waals surface area contributed by atoms with Crippen LogP contribution >= 0.6 is 0 Å². The Bertz CT molecular complexity index is 207. The summed E-state index contributed by atoms with van der Waals surface area (Å²) in [5.74, 6) is 6.21. The van der Waals surface area contributed by atoms with Gasteiger partial charge >= 0.3 is 0 Å². The number of hydrazine groups is 1. The van der Waals surface area contributed by atoms with Crippen LogP contribution < -0.4 is 11.3 Å². The zero-order chi connectivity index (χ0) is 9.97. The Balaban J connectivity index is 1.88. The van der Waals surface area contributed by atoms with Crippen LogP contribution in [0.25, 0.3) is 0 Å². The first kappa shape index (κ1) is 10.1. The second kappa shape index (κ2) is 4.43. The SMILES string of the molecule is C=CCCC(NN)C1CC2CCC1O2. The summed E-state index contributed by atoms with van der Waals surface area (Å²) in [4.78, 5) is 0. The van der Waals surface area contributed by atoms with E-state index in [1.807, 2.05) is 6.08 Å². The van der Waals surface area contributed by atoms with E-state index in [9.17, 15) is 0 Å². The van der Waals surface area contributed by atoms with Gasteiger partial charge in [0.05, 0.1) is 12.2 Å². The van der Waals surface area contributed by atoms with Crippen molar-refractivity contribution in [2.45, 2.75) is 50.4 Å². The summed E-state index contributed by atoms with van der Waals surface area (Å²) in [7, 11) is 0. The van der Waals surface area contributed by atoms with E-state index in [1.165, 1.54) is 19.3 Å². The van der Waals surface area contributed by atoms with Crippen LogP contribution in [0.4, 0.5) is 0 Å². The minimum absolute atomic E-state index is 0.406. The fraction of sp³-hybridized carbons (Fsp3) is 0.818. The second-order valence-corrected chi connectivity index (χ2v) is 4.41. The molecule has 3 nitrogen and oxygen atoms in total. The van der Waals surface area contributed by atoms with Gasteiger partial charge in [0.2, 0.25) is 0 Å². The molecule has 3 heteroatoms. The summed E-state index contributed by atoms with van der Waals surface area (Å²) in [5.41, 5.74) is 2.94. The van der Waals surface area contributed by atoms with Gasteiger partial charge in [0, 0.05) is 12.0 Å². The Morgan fingerprint density at radius 2 is 2.43 bits per heavy atom. The Morgan fingerprint density at radius 1 is 1.57 bits per heavy atom. The average molecular weight is 196 g/mol. The van der Waals surface area contributed by atoms with E-state index in [4.69, 9.17) is 10.6 Å². The number of nitrogens with one attached hydrogen (secondary N) is 1. The fourth-order valence-corrected chi connectivity index (χ4v) is 2.82. The van der Waals surface area contributed by atoms with Gasteiger partial charge < -0.3 is 4.74 Å². The van der Waals surface area contributed by atoms with Gasteiger partial charge in [0.1, 0.15) is 0 Å². The van der Waals surface area contributed by atoms with E-state index in [0.29, 0.717) is 24.2 Å². The first-order valence-corrected chi connectivity index (χ1v) is 5.57. The van der Waals surface area contributed by atoms with Crippen molar-refractivity contribution in [1.82, 2.24) is 5.43 Å². The van der Waals surface area contributed by atoms with Crippen molar-refractivity contribution in [3.63, 3.8) is 0 Å². The molecule has 0 aromatic rings. The maximum Gasteiger partial charge on any atom is 0.0624 e. The molecule has 2 fully saturated rings. The molecule has 0 aromatic carbocycles. The summed E-state index contributed by atoms with van der Waals surface area (Å²) < 4.78 is 5.83. The highest BCUT2D eigenvalue weighted by Crippen LogP contribution is 2.41. The Labute approximate surface area is 85.7 Å². The zero-order valence-corrected chi connectivity index (χ0v) is 8.61. The number of nitrogens with two attached hydrogens (primary N) is 1. The Hall–Kier alpha value is -0.380. The van der Waals surface area contributed by atoms with Gasteiger partial charge in [-0.05, 0) is 32.1 Å². The average Bonchev–Trinajstić information content (AvgIpc) is 2.80. The zero-order valence-electron chi connectivity index (χ0n) is 8.61. The van der Waals surface area contributed by atoms with Gasteiger partial charge in [-0.1, -0.05) is 6.08 Å². The third kappa shape index (κ3) is 1.85. The van der Waals surface area contributed by atoms with Crippen LogP contribution in [0.3, 0.4) is 0 Å². The van der Waals surface area contributed by atoms with E-state index < -0.39 is 0 Å². The van der Waals surface area contributed by atoms with Gasteiger partial charge in [-0.15, -0.1) is 6.58 Å². The minimum atomic E-state index is 0.406. The highest BCUT2D eigenvalue weighted by molar-refractivity contribution is 4.95. The lowest BCUT2D eigenvalue weighted by atomic mass is 9.82. The molecule has 0 aromatic heterocycles. The van der Waals surface area contributed by atoms with Crippen LogP contribution in [0.5, 0.6) is 0 Å². The third-order valence-electron chi connectivity index (χ3n) is 3.57. The molecular weight excluding hydrogens is 176 g/mol. The smallest absolute Gasteiger partial charge is 0.0624 e. The molecule has 0 aliphatic carbocycles. The molecule has 0 saturated carbocycles. The molecule has 2 aliphatic heterocycles. The lowest BCUT2D eigenvalue weighted by Gasteiger charge is -2.27. The van der Waals surface area contributed by atoms with Crippen molar-refractivity contribution in [2.75, 3.05) is 0 Å². The molecule has 0 amide bonds. The normalized spacial score (nSPS) is 37.4. The van der Waals surface area contributed by atoms with E-state index in [2.05, 4.69) is 12.0 Å². The maximum absolute atomic E-state index is 5.83. The lowest BCUT2D eigenvalue weighted by Crippen LogP contribution is -2.44. The van der Waals surface area contributed by atoms with Crippen molar-refractivity contribution >= 4 is 0 Å². The number of allylic oxidation sites excluding steroid dienone is 1. The molecule has 14 heavy (non-hydrogen) atoms. The monoisotopic (exact) mass is 196 g/mol. The van der Waals surface area contributed by atoms with Crippen LogP contribution in [-0.2, 0) is 4.74 Å². The predicted molar refractivity (Wildman–Crippen MR) is 56.5 cm³/mol. The van der Waals surface area contributed by atoms with Gasteiger partial charge in [0.15, 0.2) is 0 Å². The summed E-state index contributed by atoms with van der Waals surface area (Å²) in [6.07, 6.45) is 8.71. The van der Waals surface area contributed by atoms with Crippen LogP contribution in [0.2, 0.25) is 0 Å². The highest BCUT2D eigenvalue weighted by Gasteiger charge is 2.43. The second-order valence-electron chi connectivity index (χ2n) is 4.41. The first-order chi connectivity index (χ1) is 6.85. The molecule has 2 aliphatic rings. The van der Waals surface area contributed by atoms with Crippen molar-refractivity contribution in [2.24, 2.45) is 11.8 Å². The van der Waals surface area contributed by atoms with E-state index in [0.717, 1.165) is 12.8 Å². The molecule has 80 valence electrons. The maximum atomic E-state index is 5.83. The van der Waals surface area contributed by atoms with Crippen LogP contribution in [0, 0.1) is 5.92 Å². The number of fused-ring (bicyclic) bond motifs is 2. The first-order valence-electron chi connectivity index (χ1n) is 5.57. The molecule has 2 saturated heterocycles. The Kier molecular flexibility index (Phi) is 3.21. The van der Waals surface area contributed by atoms with Gasteiger partial charge in [0.25, 0.3) is 0 Å². The predicted octanol–water partition coefficient (Wildman–Crippen LogP) is 1.35.